The second-order valence-corrected chi connectivity index (χ2v) is 4.90. The molecule has 4 nitrogen and oxygen atoms in total. The smallest absolute Gasteiger partial charge is 0.213 e. The van der Waals surface area contributed by atoms with E-state index in [0.717, 1.165) is 57.3 Å². The third-order valence-electron chi connectivity index (χ3n) is 3.07. The van der Waals surface area contributed by atoms with Gasteiger partial charge in [0, 0.05) is 25.8 Å². The van der Waals surface area contributed by atoms with E-state index in [2.05, 4.69) is 13.8 Å². The molecule has 0 saturated heterocycles. The van der Waals surface area contributed by atoms with Crippen molar-refractivity contribution >= 4 is 18.5 Å². The fourth-order valence-electron chi connectivity index (χ4n) is 1.66. The van der Waals surface area contributed by atoms with Crippen LogP contribution in [0.3, 0.4) is 0 Å². The van der Waals surface area contributed by atoms with E-state index >= 15 is 0 Å². The van der Waals surface area contributed by atoms with E-state index in [4.69, 9.17) is 0 Å². The third kappa shape index (κ3) is 9.66. The van der Waals surface area contributed by atoms with Crippen LogP contribution in [0.2, 0.25) is 0 Å². The Balaban J connectivity index is 0.000000382. The maximum absolute atomic E-state index is 10.4. The first kappa shape index (κ1) is 19.2. The molecule has 0 aliphatic heterocycles. The normalized spacial score (nSPS) is 9.29. The van der Waals surface area contributed by atoms with Gasteiger partial charge < -0.3 is 9.80 Å². The van der Waals surface area contributed by atoms with Crippen LogP contribution in [0.25, 0.3) is 0 Å². The van der Waals surface area contributed by atoms with Gasteiger partial charge in [-0.15, -0.1) is 0 Å². The van der Waals surface area contributed by atoms with Crippen LogP contribution >= 0.6 is 0 Å². The van der Waals surface area contributed by atoms with E-state index in [0.29, 0.717) is 0 Å². The summed E-state index contributed by atoms with van der Waals surface area (Å²) in [6.45, 7) is 6.14. The van der Waals surface area contributed by atoms with Crippen LogP contribution in [-0.4, -0.2) is 37.9 Å². The number of anilines is 1. The lowest BCUT2D eigenvalue weighted by molar-refractivity contribution is -0.118. The number of nitrogens with zero attached hydrogens (tertiary/aromatic N) is 2. The Bertz CT molecular complexity index is 360. The Hall–Kier alpha value is -1.84. The van der Waals surface area contributed by atoms with Gasteiger partial charge in [0.15, 0.2) is 0 Å². The maximum atomic E-state index is 10.4. The zero-order valence-electron chi connectivity index (χ0n) is 13.5. The molecule has 0 N–H and O–H groups in total. The Morgan fingerprint density at radius 1 is 0.905 bits per heavy atom. The molecule has 0 spiro atoms. The fraction of sp³-hybridized carbons (Fsp3) is 0.529. The van der Waals surface area contributed by atoms with Crippen LogP contribution in [0, 0.1) is 0 Å². The van der Waals surface area contributed by atoms with E-state index in [1.54, 1.807) is 7.05 Å². The van der Waals surface area contributed by atoms with Crippen LogP contribution in [0.15, 0.2) is 30.3 Å². The Morgan fingerprint density at radius 3 is 1.81 bits per heavy atom. The maximum Gasteiger partial charge on any atom is 0.213 e. The quantitative estimate of drug-likeness (QED) is 0.655. The van der Waals surface area contributed by atoms with Crippen molar-refractivity contribution < 1.29 is 9.59 Å². The predicted octanol–water partition coefficient (Wildman–Crippen LogP) is 3.32. The molecule has 0 heterocycles. The number of carbonyl (C=O) groups excluding carboxylic acids is 2. The summed E-state index contributed by atoms with van der Waals surface area (Å²) in [4.78, 5) is 24.1. The first-order chi connectivity index (χ1) is 10.2. The molecule has 1 aromatic carbocycles. The number of amides is 2. The number of hydrogen-bond donors (Lipinski definition) is 0. The van der Waals surface area contributed by atoms with Crippen LogP contribution in [0.5, 0.6) is 0 Å². The number of para-hydroxylation sites is 1. The second kappa shape index (κ2) is 13.2. The van der Waals surface area contributed by atoms with E-state index in [9.17, 15) is 9.59 Å². The largest absolute Gasteiger partial charge is 0.345 e. The highest BCUT2D eigenvalue weighted by molar-refractivity contribution is 5.73. The van der Waals surface area contributed by atoms with Gasteiger partial charge in [0.1, 0.15) is 0 Å². The van der Waals surface area contributed by atoms with Crippen molar-refractivity contribution in [1.29, 1.82) is 0 Å². The van der Waals surface area contributed by atoms with Crippen LogP contribution in [0.4, 0.5) is 5.69 Å². The highest BCUT2D eigenvalue weighted by atomic mass is 16.1. The molecule has 0 aromatic heterocycles. The Morgan fingerprint density at radius 2 is 1.43 bits per heavy atom. The average Bonchev–Trinajstić information content (AvgIpc) is 2.56. The molecular formula is C17H28N2O2. The number of unbranched alkanes of at least 4 members (excludes halogenated alkanes) is 2. The number of benzene rings is 1. The van der Waals surface area contributed by atoms with Gasteiger partial charge in [-0.3, -0.25) is 9.59 Å². The number of hydrogen-bond acceptors (Lipinski definition) is 2. The molecule has 0 bridgehead atoms. The third-order valence-corrected chi connectivity index (χ3v) is 3.07. The molecule has 4 heteroatoms. The van der Waals surface area contributed by atoms with E-state index in [-0.39, 0.29) is 0 Å². The van der Waals surface area contributed by atoms with Crippen LogP contribution in [-0.2, 0) is 9.59 Å². The molecule has 21 heavy (non-hydrogen) atoms. The lowest BCUT2D eigenvalue weighted by atomic mass is 10.3. The topological polar surface area (TPSA) is 40.6 Å². The first-order valence-electron chi connectivity index (χ1n) is 7.62. The van der Waals surface area contributed by atoms with Gasteiger partial charge in [-0.1, -0.05) is 44.9 Å². The van der Waals surface area contributed by atoms with Crippen LogP contribution < -0.4 is 4.90 Å². The lowest BCUT2D eigenvalue weighted by Crippen LogP contribution is -2.24. The highest BCUT2D eigenvalue weighted by Gasteiger charge is 1.97. The molecule has 1 rings (SSSR count). The van der Waals surface area contributed by atoms with Crippen molar-refractivity contribution in [2.24, 2.45) is 0 Å². The van der Waals surface area contributed by atoms with Crippen molar-refractivity contribution in [3.05, 3.63) is 30.3 Å². The highest BCUT2D eigenvalue weighted by Crippen LogP contribution is 2.07. The molecular weight excluding hydrogens is 264 g/mol. The second-order valence-electron chi connectivity index (χ2n) is 4.90. The van der Waals surface area contributed by atoms with Gasteiger partial charge in [0.25, 0.3) is 0 Å². The molecule has 0 unspecified atom stereocenters. The minimum Gasteiger partial charge on any atom is -0.345 e. The minimum atomic E-state index is 0.787. The summed E-state index contributed by atoms with van der Waals surface area (Å²) in [5.41, 5.74) is 0.914. The molecule has 0 radical (unpaired) electrons. The standard InChI is InChI=1S/C9H19NO.C8H9NO/c1-3-5-7-10(9-11)8-6-4-2;1-9(7-10)8-5-3-2-4-6-8/h9H,3-8H2,1-2H3;2-7H,1H3. The van der Waals surface area contributed by atoms with Crippen LogP contribution in [0.1, 0.15) is 39.5 Å². The molecule has 0 aliphatic carbocycles. The van der Waals surface area contributed by atoms with Crippen molar-refractivity contribution in [2.45, 2.75) is 39.5 Å². The van der Waals surface area contributed by atoms with Crippen molar-refractivity contribution in [3.8, 4) is 0 Å². The van der Waals surface area contributed by atoms with Gasteiger partial charge in [-0.05, 0) is 25.0 Å². The summed E-state index contributed by atoms with van der Waals surface area (Å²) in [5, 5.41) is 0. The van der Waals surface area contributed by atoms with Gasteiger partial charge in [0.2, 0.25) is 12.8 Å². The summed E-state index contributed by atoms with van der Waals surface area (Å²) < 4.78 is 0. The van der Waals surface area contributed by atoms with Gasteiger partial charge in [-0.2, -0.15) is 0 Å². The molecule has 0 fully saturated rings. The summed E-state index contributed by atoms with van der Waals surface area (Å²) in [5.74, 6) is 0. The summed E-state index contributed by atoms with van der Waals surface area (Å²) in [7, 11) is 1.72. The molecule has 118 valence electrons. The zero-order chi connectivity index (χ0) is 15.9. The molecule has 0 saturated carbocycles. The average molecular weight is 292 g/mol. The van der Waals surface area contributed by atoms with Crippen molar-refractivity contribution in [1.82, 2.24) is 4.90 Å². The monoisotopic (exact) mass is 292 g/mol. The molecule has 0 aliphatic rings. The Kier molecular flexibility index (Phi) is 12.0. The first-order valence-corrected chi connectivity index (χ1v) is 7.62. The number of rotatable bonds is 9. The van der Waals surface area contributed by atoms with E-state index in [1.165, 1.54) is 4.90 Å². The number of carbonyl (C=O) groups is 2. The van der Waals surface area contributed by atoms with E-state index in [1.807, 2.05) is 35.2 Å². The fourth-order valence-corrected chi connectivity index (χ4v) is 1.66. The predicted molar refractivity (Wildman–Crippen MR) is 88.4 cm³/mol. The molecule has 1 aromatic rings. The molecule has 2 amide bonds. The summed E-state index contributed by atoms with van der Waals surface area (Å²) >= 11 is 0. The zero-order valence-corrected chi connectivity index (χ0v) is 13.5. The van der Waals surface area contributed by atoms with Crippen molar-refractivity contribution in [3.63, 3.8) is 0 Å². The lowest BCUT2D eigenvalue weighted by Gasteiger charge is -2.15. The molecule has 0 atom stereocenters. The minimum absolute atomic E-state index is 0.787. The SMILES string of the molecule is CCCCN(C=O)CCCC.CN(C=O)c1ccccc1. The van der Waals surface area contributed by atoms with Gasteiger partial charge in [-0.25, -0.2) is 0 Å². The van der Waals surface area contributed by atoms with Gasteiger partial charge >= 0.3 is 0 Å². The summed E-state index contributed by atoms with van der Waals surface area (Å²) in [6.07, 6.45) is 6.33. The van der Waals surface area contributed by atoms with E-state index < -0.39 is 0 Å². The van der Waals surface area contributed by atoms with Crippen molar-refractivity contribution in [2.75, 3.05) is 25.0 Å². The van der Waals surface area contributed by atoms with Gasteiger partial charge in [0.05, 0.1) is 0 Å². The Labute approximate surface area is 128 Å². The summed E-state index contributed by atoms with van der Waals surface area (Å²) in [6, 6.07) is 9.48.